The van der Waals surface area contributed by atoms with Crippen LogP contribution in [0.2, 0.25) is 0 Å². The van der Waals surface area contributed by atoms with Crippen LogP contribution in [0.25, 0.3) is 0 Å². The summed E-state index contributed by atoms with van der Waals surface area (Å²) in [5.74, 6) is 0.645. The van der Waals surface area contributed by atoms with Crippen molar-refractivity contribution >= 4 is 11.3 Å². The Labute approximate surface area is 56.2 Å². The average molecular weight is 143 g/mol. The molecule has 3 nitrogen and oxygen atoms in total. The van der Waals surface area contributed by atoms with Gasteiger partial charge in [-0.25, -0.2) is 4.98 Å². The van der Waals surface area contributed by atoms with E-state index in [-0.39, 0.29) is 0 Å². The highest BCUT2D eigenvalue weighted by Gasteiger charge is 2.12. The molecular weight excluding hydrogens is 138 g/mol. The molecule has 1 aliphatic heterocycles. The molecule has 0 amide bonds. The van der Waals surface area contributed by atoms with Gasteiger partial charge in [-0.05, 0) is 0 Å². The van der Waals surface area contributed by atoms with Crippen molar-refractivity contribution in [1.29, 1.82) is 0 Å². The van der Waals surface area contributed by atoms with Gasteiger partial charge in [0.15, 0.2) is 0 Å². The van der Waals surface area contributed by atoms with E-state index in [4.69, 9.17) is 9.47 Å². The van der Waals surface area contributed by atoms with Gasteiger partial charge in [0.25, 0.3) is 5.88 Å². The van der Waals surface area contributed by atoms with Crippen LogP contribution >= 0.6 is 11.3 Å². The van der Waals surface area contributed by atoms with Gasteiger partial charge in [0, 0.05) is 0 Å². The maximum absolute atomic E-state index is 5.19. The molecule has 2 heterocycles. The fourth-order valence-electron chi connectivity index (χ4n) is 0.690. The van der Waals surface area contributed by atoms with E-state index < -0.39 is 0 Å². The van der Waals surface area contributed by atoms with Gasteiger partial charge in [-0.15, -0.1) is 0 Å². The summed E-state index contributed by atoms with van der Waals surface area (Å²) in [6.45, 7) is 1.27. The minimum Gasteiger partial charge on any atom is -0.476 e. The van der Waals surface area contributed by atoms with E-state index in [0.29, 0.717) is 19.1 Å². The zero-order chi connectivity index (χ0) is 6.10. The molecule has 0 radical (unpaired) electrons. The summed E-state index contributed by atoms with van der Waals surface area (Å²) in [7, 11) is 0. The molecule has 0 aliphatic carbocycles. The van der Waals surface area contributed by atoms with Crippen molar-refractivity contribution in [2.24, 2.45) is 0 Å². The van der Waals surface area contributed by atoms with Crippen molar-refractivity contribution in [3.63, 3.8) is 0 Å². The second-order valence-electron chi connectivity index (χ2n) is 1.64. The lowest BCUT2D eigenvalue weighted by Gasteiger charge is -2.11. The third-order valence-electron chi connectivity index (χ3n) is 1.06. The van der Waals surface area contributed by atoms with E-state index in [2.05, 4.69) is 4.98 Å². The van der Waals surface area contributed by atoms with Crippen LogP contribution in [0.3, 0.4) is 0 Å². The molecule has 4 heteroatoms. The van der Waals surface area contributed by atoms with Crippen LogP contribution in [0.15, 0.2) is 5.51 Å². The second-order valence-corrected chi connectivity index (χ2v) is 2.46. The first kappa shape index (κ1) is 5.05. The van der Waals surface area contributed by atoms with Crippen molar-refractivity contribution in [2.45, 2.75) is 0 Å². The summed E-state index contributed by atoms with van der Waals surface area (Å²) < 4.78 is 10.3. The number of hydrogen-bond acceptors (Lipinski definition) is 4. The van der Waals surface area contributed by atoms with Gasteiger partial charge in [-0.3, -0.25) is 0 Å². The number of rotatable bonds is 0. The second kappa shape index (κ2) is 1.88. The molecule has 0 bridgehead atoms. The van der Waals surface area contributed by atoms with Gasteiger partial charge in [-0.2, -0.15) is 0 Å². The molecule has 1 aliphatic rings. The molecule has 0 saturated carbocycles. The third kappa shape index (κ3) is 0.751. The van der Waals surface area contributed by atoms with Crippen LogP contribution < -0.4 is 9.47 Å². The molecule has 0 saturated heterocycles. The first-order valence-corrected chi connectivity index (χ1v) is 3.54. The fraction of sp³-hybridized carbons (Fsp3) is 0.400. The molecule has 9 heavy (non-hydrogen) atoms. The third-order valence-corrected chi connectivity index (χ3v) is 1.78. The Morgan fingerprint density at radius 3 is 3.22 bits per heavy atom. The largest absolute Gasteiger partial charge is 0.476 e. The van der Waals surface area contributed by atoms with Crippen LogP contribution in [-0.4, -0.2) is 18.2 Å². The highest BCUT2D eigenvalue weighted by atomic mass is 32.1. The Morgan fingerprint density at radius 1 is 1.44 bits per heavy atom. The van der Waals surface area contributed by atoms with Crippen LogP contribution in [0.4, 0.5) is 0 Å². The lowest BCUT2D eigenvalue weighted by atomic mass is 10.7. The van der Waals surface area contributed by atoms with E-state index in [9.17, 15) is 0 Å². The van der Waals surface area contributed by atoms with Crippen molar-refractivity contribution in [2.75, 3.05) is 13.2 Å². The Morgan fingerprint density at radius 2 is 2.33 bits per heavy atom. The minimum atomic E-state index is 0.622. The summed E-state index contributed by atoms with van der Waals surface area (Å²) in [4.78, 5) is 3.93. The van der Waals surface area contributed by atoms with Gasteiger partial charge in [0.1, 0.15) is 13.2 Å². The highest BCUT2D eigenvalue weighted by Crippen LogP contribution is 2.32. The summed E-state index contributed by atoms with van der Waals surface area (Å²) in [6, 6.07) is 0. The molecular formula is C5H5NO2S. The monoisotopic (exact) mass is 143 g/mol. The maximum atomic E-state index is 5.19. The molecule has 0 unspecified atom stereocenters. The summed E-state index contributed by atoms with van der Waals surface area (Å²) in [6.07, 6.45) is 0. The maximum Gasteiger partial charge on any atom is 0.269 e. The first-order chi connectivity index (χ1) is 4.47. The van der Waals surface area contributed by atoms with E-state index in [0.717, 1.165) is 5.06 Å². The highest BCUT2D eigenvalue weighted by molar-refractivity contribution is 7.11. The molecule has 0 atom stereocenters. The Balaban J connectivity index is 2.39. The van der Waals surface area contributed by atoms with Gasteiger partial charge < -0.3 is 9.47 Å². The van der Waals surface area contributed by atoms with Crippen LogP contribution in [-0.2, 0) is 0 Å². The zero-order valence-corrected chi connectivity index (χ0v) is 5.48. The summed E-state index contributed by atoms with van der Waals surface area (Å²) >= 11 is 1.47. The van der Waals surface area contributed by atoms with E-state index in [1.54, 1.807) is 5.51 Å². The van der Waals surface area contributed by atoms with Crippen molar-refractivity contribution in [3.05, 3.63) is 5.51 Å². The van der Waals surface area contributed by atoms with Crippen LogP contribution in [0.5, 0.6) is 10.9 Å². The minimum absolute atomic E-state index is 0.622. The van der Waals surface area contributed by atoms with E-state index >= 15 is 0 Å². The predicted octanol–water partition coefficient (Wildman–Crippen LogP) is 0.914. The Kier molecular flexibility index (Phi) is 1.05. The zero-order valence-electron chi connectivity index (χ0n) is 4.66. The van der Waals surface area contributed by atoms with Gasteiger partial charge in [-0.1, -0.05) is 11.3 Å². The predicted molar refractivity (Wildman–Crippen MR) is 33.1 cm³/mol. The molecule has 0 fully saturated rings. The number of ether oxygens (including phenoxy) is 2. The van der Waals surface area contributed by atoms with E-state index in [1.807, 2.05) is 0 Å². The number of aromatic nitrogens is 1. The lowest BCUT2D eigenvalue weighted by Crippen LogP contribution is -2.14. The Hall–Kier alpha value is -0.770. The van der Waals surface area contributed by atoms with E-state index in [1.165, 1.54) is 11.3 Å². The van der Waals surface area contributed by atoms with Crippen molar-refractivity contribution in [3.8, 4) is 10.9 Å². The first-order valence-electron chi connectivity index (χ1n) is 2.66. The van der Waals surface area contributed by atoms with Crippen LogP contribution in [0.1, 0.15) is 0 Å². The number of fused-ring (bicyclic) bond motifs is 1. The van der Waals surface area contributed by atoms with Gasteiger partial charge >= 0.3 is 0 Å². The number of nitrogens with zero attached hydrogens (tertiary/aromatic N) is 1. The fourth-order valence-corrected chi connectivity index (χ4v) is 1.30. The molecule has 2 rings (SSSR count). The summed E-state index contributed by atoms with van der Waals surface area (Å²) in [5, 5.41) is 0.807. The molecule has 1 aromatic rings. The Bertz CT molecular complexity index is 190. The van der Waals surface area contributed by atoms with Crippen molar-refractivity contribution < 1.29 is 9.47 Å². The topological polar surface area (TPSA) is 31.4 Å². The smallest absolute Gasteiger partial charge is 0.269 e. The molecule has 0 spiro atoms. The SMILES string of the molecule is c1nc2c(s1)OCCO2. The average Bonchev–Trinajstić information content (AvgIpc) is 2.33. The molecule has 0 aromatic carbocycles. The lowest BCUT2D eigenvalue weighted by molar-refractivity contribution is 0.171. The number of thiazole rings is 1. The quantitative estimate of drug-likeness (QED) is 0.541. The van der Waals surface area contributed by atoms with Gasteiger partial charge in [0.2, 0.25) is 5.06 Å². The van der Waals surface area contributed by atoms with Crippen LogP contribution in [0, 0.1) is 0 Å². The molecule has 48 valence electrons. The summed E-state index contributed by atoms with van der Waals surface area (Å²) in [5.41, 5.74) is 1.72. The molecule has 0 N–H and O–H groups in total. The van der Waals surface area contributed by atoms with Gasteiger partial charge in [0.05, 0.1) is 5.51 Å². The molecule has 1 aromatic heterocycles. The van der Waals surface area contributed by atoms with Crippen molar-refractivity contribution in [1.82, 2.24) is 4.98 Å². The standard InChI is InChI=1S/C5H5NO2S/c1-2-8-5-4(7-1)6-3-9-5/h3H,1-2H2. The normalized spacial score (nSPS) is 15.6. The number of hydrogen-bond donors (Lipinski definition) is 0.